The second kappa shape index (κ2) is 9.90. The molecule has 2 atom stereocenters. The number of ether oxygens (including phenoxy) is 1. The Hall–Kier alpha value is -3.44. The van der Waals surface area contributed by atoms with E-state index in [9.17, 15) is 27.9 Å². The molecule has 0 bridgehead atoms. The Morgan fingerprint density at radius 2 is 2.06 bits per heavy atom. The number of aromatic nitrogens is 1. The molecule has 0 spiro atoms. The van der Waals surface area contributed by atoms with E-state index in [1.807, 2.05) is 6.92 Å². The highest BCUT2D eigenvalue weighted by atomic mass is 35.5. The Morgan fingerprint density at radius 1 is 1.31 bits per heavy atom. The lowest BCUT2D eigenvalue weighted by atomic mass is 9.94. The summed E-state index contributed by atoms with van der Waals surface area (Å²) in [6, 6.07) is 4.49. The lowest BCUT2D eigenvalue weighted by Crippen LogP contribution is -2.43. The minimum atomic E-state index is -3.22. The summed E-state index contributed by atoms with van der Waals surface area (Å²) in [6.45, 7) is 0.668. The lowest BCUT2D eigenvalue weighted by molar-refractivity contribution is -0.142. The minimum Gasteiger partial charge on any atom is -0.480 e. The third-order valence-electron chi connectivity index (χ3n) is 5.96. The van der Waals surface area contributed by atoms with Crippen LogP contribution in [0.1, 0.15) is 29.3 Å². The third-order valence-corrected chi connectivity index (χ3v) is 6.29. The molecule has 3 heterocycles. The first kappa shape index (κ1) is 25.6. The number of carboxylic acids is 1. The van der Waals surface area contributed by atoms with E-state index in [2.05, 4.69) is 15.3 Å². The molecule has 1 fully saturated rings. The van der Waals surface area contributed by atoms with Crippen molar-refractivity contribution in [3.63, 3.8) is 0 Å². The summed E-state index contributed by atoms with van der Waals surface area (Å²) >= 11 is 6.31. The van der Waals surface area contributed by atoms with Gasteiger partial charge in [0.15, 0.2) is 5.84 Å². The molecule has 12 heteroatoms. The lowest BCUT2D eigenvalue weighted by Gasteiger charge is -2.30. The second-order valence-electron chi connectivity index (χ2n) is 8.59. The molecule has 0 saturated carbocycles. The van der Waals surface area contributed by atoms with Gasteiger partial charge in [-0.15, -0.1) is 0 Å². The van der Waals surface area contributed by atoms with E-state index < -0.39 is 48.7 Å². The number of likely N-dealkylation sites (tertiary alicyclic amines) is 1. The first-order chi connectivity index (χ1) is 17.0. The monoisotopic (exact) mass is 522 g/mol. The van der Waals surface area contributed by atoms with Crippen LogP contribution in [-0.4, -0.2) is 64.9 Å². The SMILES string of the molecule is COC(=O)C1=C(CN2CC(F)(F)C[C@H]2C(=O)O)NC(c2cc(C)ccn2)=N[C@H]1c1ccc(F)cc1Cl. The van der Waals surface area contributed by atoms with Crippen LogP contribution in [0.4, 0.5) is 13.2 Å². The number of nitrogens with zero attached hydrogens (tertiary/aromatic N) is 3. The molecule has 0 unspecified atom stereocenters. The normalized spacial score (nSPS) is 21.7. The largest absolute Gasteiger partial charge is 0.480 e. The number of carbonyl (C=O) groups is 2. The van der Waals surface area contributed by atoms with Gasteiger partial charge in [0.1, 0.15) is 23.6 Å². The van der Waals surface area contributed by atoms with Gasteiger partial charge in [-0.1, -0.05) is 17.7 Å². The quantitative estimate of drug-likeness (QED) is 0.560. The van der Waals surface area contributed by atoms with Crippen molar-refractivity contribution in [2.24, 2.45) is 4.99 Å². The van der Waals surface area contributed by atoms with Crippen LogP contribution in [0.5, 0.6) is 0 Å². The number of rotatable bonds is 6. The van der Waals surface area contributed by atoms with Gasteiger partial charge in [0.25, 0.3) is 5.92 Å². The van der Waals surface area contributed by atoms with Gasteiger partial charge >= 0.3 is 11.9 Å². The molecule has 0 radical (unpaired) electrons. The van der Waals surface area contributed by atoms with Crippen LogP contribution >= 0.6 is 11.6 Å². The van der Waals surface area contributed by atoms with Crippen molar-refractivity contribution in [2.75, 3.05) is 20.2 Å². The van der Waals surface area contributed by atoms with Crippen LogP contribution in [-0.2, 0) is 14.3 Å². The molecule has 1 aromatic heterocycles. The minimum absolute atomic E-state index is 0.0147. The summed E-state index contributed by atoms with van der Waals surface area (Å²) in [4.78, 5) is 34.6. The Kier molecular flexibility index (Phi) is 7.05. The fourth-order valence-corrected chi connectivity index (χ4v) is 4.58. The number of pyridine rings is 1. The van der Waals surface area contributed by atoms with Crippen molar-refractivity contribution in [1.29, 1.82) is 0 Å². The number of nitrogens with one attached hydrogen (secondary N) is 1. The fraction of sp³-hybridized carbons (Fsp3) is 0.333. The number of methoxy groups -OCH3 is 1. The van der Waals surface area contributed by atoms with Crippen molar-refractivity contribution in [3.8, 4) is 0 Å². The molecule has 8 nitrogen and oxygen atoms in total. The molecule has 4 rings (SSSR count). The van der Waals surface area contributed by atoms with Crippen LogP contribution in [0.2, 0.25) is 5.02 Å². The highest BCUT2D eigenvalue weighted by Crippen LogP contribution is 2.38. The molecule has 1 aromatic carbocycles. The fourth-order valence-electron chi connectivity index (χ4n) is 4.31. The van der Waals surface area contributed by atoms with Gasteiger partial charge in [-0.25, -0.2) is 18.0 Å². The van der Waals surface area contributed by atoms with Gasteiger partial charge in [-0.05, 0) is 36.8 Å². The van der Waals surface area contributed by atoms with Crippen LogP contribution in [0.3, 0.4) is 0 Å². The van der Waals surface area contributed by atoms with E-state index in [4.69, 9.17) is 16.3 Å². The molecule has 2 aliphatic heterocycles. The van der Waals surface area contributed by atoms with E-state index in [1.54, 1.807) is 18.3 Å². The standard InChI is InChI=1S/C24H22ClF3N4O4/c1-12-5-6-29-16(7-12)21-30-17(10-32-11-24(27,28)9-18(32)22(33)34)19(23(35)36-2)20(31-21)14-4-3-13(26)8-15(14)25/h3-8,18,20H,9-11H2,1-2H3,(H,30,31)(H,33,34)/t18-,20-/m0/s1. The van der Waals surface area contributed by atoms with Crippen LogP contribution in [0, 0.1) is 12.7 Å². The zero-order valence-electron chi connectivity index (χ0n) is 19.3. The Balaban J connectivity index is 1.86. The number of esters is 1. The summed E-state index contributed by atoms with van der Waals surface area (Å²) in [5.74, 6) is -5.87. The molecule has 2 N–H and O–H groups in total. The van der Waals surface area contributed by atoms with Crippen molar-refractivity contribution >= 4 is 29.4 Å². The van der Waals surface area contributed by atoms with Crippen molar-refractivity contribution < 1.29 is 32.6 Å². The topological polar surface area (TPSA) is 104 Å². The number of halogens is 4. The number of aryl methyl sites for hydroxylation is 1. The number of hydrogen-bond acceptors (Lipinski definition) is 7. The van der Waals surface area contributed by atoms with E-state index in [1.165, 1.54) is 6.07 Å². The van der Waals surface area contributed by atoms with Gasteiger partial charge in [0.05, 0.1) is 19.2 Å². The van der Waals surface area contributed by atoms with Crippen LogP contribution in [0.15, 0.2) is 52.8 Å². The average Bonchev–Trinajstić information content (AvgIpc) is 3.12. The maximum Gasteiger partial charge on any atom is 0.338 e. The van der Waals surface area contributed by atoms with Crippen LogP contribution in [0.25, 0.3) is 0 Å². The molecule has 0 aliphatic carbocycles. The molecule has 1 saturated heterocycles. The first-order valence-electron chi connectivity index (χ1n) is 10.9. The molecular formula is C24H22ClF3N4O4. The maximum absolute atomic E-state index is 14.2. The van der Waals surface area contributed by atoms with Crippen molar-refractivity contribution in [3.05, 3.63) is 75.5 Å². The molecule has 0 amide bonds. The summed E-state index contributed by atoms with van der Waals surface area (Å²) in [5.41, 5.74) is 1.55. The molecule has 190 valence electrons. The molecule has 36 heavy (non-hydrogen) atoms. The second-order valence-corrected chi connectivity index (χ2v) is 9.00. The van der Waals surface area contributed by atoms with E-state index >= 15 is 0 Å². The average molecular weight is 523 g/mol. The van der Waals surface area contributed by atoms with Crippen LogP contribution < -0.4 is 5.32 Å². The summed E-state index contributed by atoms with van der Waals surface area (Å²) in [6.07, 6.45) is 0.687. The Morgan fingerprint density at radius 3 is 2.69 bits per heavy atom. The third kappa shape index (κ3) is 5.21. The zero-order chi connectivity index (χ0) is 26.2. The molecule has 2 aromatic rings. The Labute approximate surface area is 209 Å². The number of aliphatic imine (C=N–C) groups is 1. The van der Waals surface area contributed by atoms with Crippen molar-refractivity contribution in [1.82, 2.24) is 15.2 Å². The van der Waals surface area contributed by atoms with Gasteiger partial charge in [0, 0.05) is 35.4 Å². The van der Waals surface area contributed by atoms with Gasteiger partial charge < -0.3 is 15.2 Å². The van der Waals surface area contributed by atoms with E-state index in [0.717, 1.165) is 29.7 Å². The number of carboxylic acid groups (broad SMARTS) is 1. The highest BCUT2D eigenvalue weighted by Gasteiger charge is 2.49. The van der Waals surface area contributed by atoms with E-state index in [-0.39, 0.29) is 34.2 Å². The van der Waals surface area contributed by atoms with Gasteiger partial charge in [0.2, 0.25) is 0 Å². The zero-order valence-corrected chi connectivity index (χ0v) is 20.0. The predicted octanol–water partition coefficient (Wildman–Crippen LogP) is 3.49. The Bertz CT molecular complexity index is 1280. The number of alkyl halides is 2. The highest BCUT2D eigenvalue weighted by molar-refractivity contribution is 6.31. The number of benzene rings is 1. The van der Waals surface area contributed by atoms with Gasteiger partial charge in [-0.2, -0.15) is 0 Å². The van der Waals surface area contributed by atoms with Gasteiger partial charge in [-0.3, -0.25) is 19.7 Å². The molecular weight excluding hydrogens is 501 g/mol. The number of amidine groups is 1. The summed E-state index contributed by atoms with van der Waals surface area (Å²) in [7, 11) is 1.14. The maximum atomic E-state index is 14.2. The first-order valence-corrected chi connectivity index (χ1v) is 11.3. The van der Waals surface area contributed by atoms with Crippen molar-refractivity contribution in [2.45, 2.75) is 31.4 Å². The summed E-state index contributed by atoms with van der Waals surface area (Å²) in [5, 5.41) is 12.5. The number of carbonyl (C=O) groups excluding carboxylic acids is 1. The van der Waals surface area contributed by atoms with E-state index in [0.29, 0.717) is 5.69 Å². The number of hydrogen-bond donors (Lipinski definition) is 2. The summed E-state index contributed by atoms with van der Waals surface area (Å²) < 4.78 is 47.1. The number of aliphatic carboxylic acids is 1. The smallest absolute Gasteiger partial charge is 0.338 e. The molecule has 2 aliphatic rings. The predicted molar refractivity (Wildman–Crippen MR) is 124 cm³/mol.